The van der Waals surface area contributed by atoms with Gasteiger partial charge in [0.1, 0.15) is 0 Å². The molecule has 0 spiro atoms. The number of hydrogen-bond donors (Lipinski definition) is 1. The molecule has 0 aliphatic carbocycles. The highest BCUT2D eigenvalue weighted by Crippen LogP contribution is 2.16. The molecule has 18 heavy (non-hydrogen) atoms. The van der Waals surface area contributed by atoms with Gasteiger partial charge in [-0.15, -0.1) is 0 Å². The van der Waals surface area contributed by atoms with Crippen LogP contribution in [0.15, 0.2) is 24.3 Å². The zero-order chi connectivity index (χ0) is 13.2. The normalized spacial score (nSPS) is 12.6. The molecule has 0 radical (unpaired) electrons. The Bertz CT molecular complexity index is 328. The number of methoxy groups -OCH3 is 1. The summed E-state index contributed by atoms with van der Waals surface area (Å²) < 4.78 is 10.3. The summed E-state index contributed by atoms with van der Waals surface area (Å²) in [5, 5.41) is 3.52. The molecule has 0 heterocycles. The van der Waals surface area contributed by atoms with E-state index in [-0.39, 0.29) is 0 Å². The number of hydrogen-bond acceptors (Lipinski definition) is 3. The van der Waals surface area contributed by atoms with Crippen LogP contribution in [0.4, 0.5) is 0 Å². The SMILES string of the molecule is COCCOCCCN[C@H](C)c1ccccc1C. The van der Waals surface area contributed by atoms with E-state index in [1.807, 2.05) is 0 Å². The molecular weight excluding hydrogens is 226 g/mol. The fourth-order valence-corrected chi connectivity index (χ4v) is 1.92. The van der Waals surface area contributed by atoms with Crippen molar-refractivity contribution in [2.45, 2.75) is 26.3 Å². The fraction of sp³-hybridized carbons (Fsp3) is 0.600. The summed E-state index contributed by atoms with van der Waals surface area (Å²) in [6, 6.07) is 8.90. The van der Waals surface area contributed by atoms with Crippen LogP contribution >= 0.6 is 0 Å². The summed E-state index contributed by atoms with van der Waals surface area (Å²) in [5.74, 6) is 0. The summed E-state index contributed by atoms with van der Waals surface area (Å²) in [5.41, 5.74) is 2.71. The first kappa shape index (κ1) is 15.2. The Kier molecular flexibility index (Phi) is 7.65. The first-order chi connectivity index (χ1) is 8.75. The van der Waals surface area contributed by atoms with Crippen molar-refractivity contribution in [3.63, 3.8) is 0 Å². The molecule has 0 bridgehead atoms. The molecule has 1 rings (SSSR count). The van der Waals surface area contributed by atoms with Gasteiger partial charge in [-0.25, -0.2) is 0 Å². The molecule has 0 aliphatic heterocycles. The summed E-state index contributed by atoms with van der Waals surface area (Å²) in [7, 11) is 1.69. The minimum Gasteiger partial charge on any atom is -0.382 e. The molecule has 0 aliphatic rings. The van der Waals surface area contributed by atoms with E-state index < -0.39 is 0 Å². The lowest BCUT2D eigenvalue weighted by Crippen LogP contribution is -2.21. The average molecular weight is 251 g/mol. The van der Waals surface area contributed by atoms with Gasteiger partial charge in [-0.3, -0.25) is 0 Å². The second-order valence-corrected chi connectivity index (χ2v) is 4.49. The largest absolute Gasteiger partial charge is 0.382 e. The first-order valence-corrected chi connectivity index (χ1v) is 6.61. The molecule has 1 aromatic rings. The van der Waals surface area contributed by atoms with Crippen LogP contribution in [0.3, 0.4) is 0 Å². The lowest BCUT2D eigenvalue weighted by Gasteiger charge is -2.16. The zero-order valence-corrected chi connectivity index (χ0v) is 11.7. The standard InChI is InChI=1S/C15H25NO2/c1-13-7-4-5-8-15(13)14(2)16-9-6-10-18-12-11-17-3/h4-5,7-8,14,16H,6,9-12H2,1-3H3/t14-/m1/s1. The van der Waals surface area contributed by atoms with Gasteiger partial charge in [0, 0.05) is 19.8 Å². The van der Waals surface area contributed by atoms with Gasteiger partial charge in [0.25, 0.3) is 0 Å². The van der Waals surface area contributed by atoms with Crippen molar-refractivity contribution in [1.29, 1.82) is 0 Å². The summed E-state index contributed by atoms with van der Waals surface area (Å²) in [6.07, 6.45) is 1.03. The highest BCUT2D eigenvalue weighted by Gasteiger charge is 2.06. The van der Waals surface area contributed by atoms with Crippen LogP contribution in [0.25, 0.3) is 0 Å². The molecule has 0 unspecified atom stereocenters. The van der Waals surface area contributed by atoms with Gasteiger partial charge >= 0.3 is 0 Å². The third-order valence-corrected chi connectivity index (χ3v) is 3.00. The van der Waals surface area contributed by atoms with Crippen LogP contribution < -0.4 is 5.32 Å². The summed E-state index contributed by atoms with van der Waals surface area (Å²) in [4.78, 5) is 0. The number of rotatable bonds is 9. The van der Waals surface area contributed by atoms with Crippen molar-refractivity contribution in [1.82, 2.24) is 5.32 Å². The van der Waals surface area contributed by atoms with Crippen molar-refractivity contribution in [2.75, 3.05) is 33.5 Å². The van der Waals surface area contributed by atoms with Crippen molar-refractivity contribution in [2.24, 2.45) is 0 Å². The maximum atomic E-state index is 5.42. The predicted octanol–water partition coefficient (Wildman–Crippen LogP) is 2.70. The van der Waals surface area contributed by atoms with Crippen molar-refractivity contribution in [3.8, 4) is 0 Å². The van der Waals surface area contributed by atoms with E-state index in [0.717, 1.165) is 19.6 Å². The molecule has 1 aromatic carbocycles. The van der Waals surface area contributed by atoms with Crippen molar-refractivity contribution < 1.29 is 9.47 Å². The Labute approximate surface area is 110 Å². The van der Waals surface area contributed by atoms with Crippen LogP contribution in [0, 0.1) is 6.92 Å². The van der Waals surface area contributed by atoms with Crippen molar-refractivity contribution in [3.05, 3.63) is 35.4 Å². The fourth-order valence-electron chi connectivity index (χ4n) is 1.92. The van der Waals surface area contributed by atoms with Crippen LogP contribution in [-0.4, -0.2) is 33.5 Å². The highest BCUT2D eigenvalue weighted by atomic mass is 16.5. The number of ether oxygens (including phenoxy) is 2. The maximum Gasteiger partial charge on any atom is 0.0700 e. The molecule has 102 valence electrons. The molecule has 0 fully saturated rings. The van der Waals surface area contributed by atoms with Gasteiger partial charge in [0.05, 0.1) is 13.2 Å². The quantitative estimate of drug-likeness (QED) is 0.685. The molecule has 1 N–H and O–H groups in total. The molecule has 0 aromatic heterocycles. The second-order valence-electron chi connectivity index (χ2n) is 4.49. The van der Waals surface area contributed by atoms with Gasteiger partial charge in [-0.05, 0) is 37.9 Å². The van der Waals surface area contributed by atoms with E-state index in [1.165, 1.54) is 11.1 Å². The van der Waals surface area contributed by atoms with Crippen LogP contribution in [0.1, 0.15) is 30.5 Å². The Hall–Kier alpha value is -0.900. The van der Waals surface area contributed by atoms with Gasteiger partial charge in [0.2, 0.25) is 0 Å². The van der Waals surface area contributed by atoms with Gasteiger partial charge < -0.3 is 14.8 Å². The number of benzene rings is 1. The van der Waals surface area contributed by atoms with E-state index in [9.17, 15) is 0 Å². The van der Waals surface area contributed by atoms with E-state index in [4.69, 9.17) is 9.47 Å². The van der Waals surface area contributed by atoms with Gasteiger partial charge in [-0.2, -0.15) is 0 Å². The van der Waals surface area contributed by atoms with Crippen LogP contribution in [0.2, 0.25) is 0 Å². The third-order valence-electron chi connectivity index (χ3n) is 3.00. The molecule has 3 heteroatoms. The van der Waals surface area contributed by atoms with E-state index in [0.29, 0.717) is 19.3 Å². The third kappa shape index (κ3) is 5.63. The van der Waals surface area contributed by atoms with E-state index in [2.05, 4.69) is 43.4 Å². The molecule has 0 amide bonds. The highest BCUT2D eigenvalue weighted by molar-refractivity contribution is 5.28. The minimum atomic E-state index is 0.394. The smallest absolute Gasteiger partial charge is 0.0700 e. The van der Waals surface area contributed by atoms with E-state index in [1.54, 1.807) is 7.11 Å². The van der Waals surface area contributed by atoms with E-state index >= 15 is 0 Å². The Balaban J connectivity index is 2.14. The number of nitrogens with one attached hydrogen (secondary N) is 1. The Morgan fingerprint density at radius 3 is 2.67 bits per heavy atom. The maximum absolute atomic E-state index is 5.42. The molecule has 0 saturated heterocycles. The number of aryl methyl sites for hydroxylation is 1. The Morgan fingerprint density at radius 1 is 1.17 bits per heavy atom. The first-order valence-electron chi connectivity index (χ1n) is 6.61. The monoisotopic (exact) mass is 251 g/mol. The van der Waals surface area contributed by atoms with Crippen LogP contribution in [-0.2, 0) is 9.47 Å². The second kappa shape index (κ2) is 9.09. The lowest BCUT2D eigenvalue weighted by molar-refractivity contribution is 0.0693. The van der Waals surface area contributed by atoms with Crippen molar-refractivity contribution >= 4 is 0 Å². The zero-order valence-electron chi connectivity index (χ0n) is 11.7. The van der Waals surface area contributed by atoms with Gasteiger partial charge in [-0.1, -0.05) is 24.3 Å². The predicted molar refractivity (Wildman–Crippen MR) is 74.9 cm³/mol. The van der Waals surface area contributed by atoms with Crippen LogP contribution in [0.5, 0.6) is 0 Å². The Morgan fingerprint density at radius 2 is 1.94 bits per heavy atom. The topological polar surface area (TPSA) is 30.5 Å². The summed E-state index contributed by atoms with van der Waals surface area (Å²) >= 11 is 0. The lowest BCUT2D eigenvalue weighted by atomic mass is 10.0. The molecule has 0 saturated carbocycles. The molecule has 3 nitrogen and oxygen atoms in total. The molecule has 1 atom stereocenters. The molecular formula is C15H25NO2. The average Bonchev–Trinajstić information content (AvgIpc) is 2.38. The minimum absolute atomic E-state index is 0.394. The van der Waals surface area contributed by atoms with Gasteiger partial charge in [0.15, 0.2) is 0 Å². The summed E-state index contributed by atoms with van der Waals surface area (Å²) in [6.45, 7) is 7.48.